The van der Waals surface area contributed by atoms with E-state index < -0.39 is 30.3 Å². The van der Waals surface area contributed by atoms with Gasteiger partial charge in [-0.3, -0.25) is 9.78 Å². The maximum atomic E-state index is 13.8. The summed E-state index contributed by atoms with van der Waals surface area (Å²) in [4.78, 5) is 19.2. The summed E-state index contributed by atoms with van der Waals surface area (Å²) in [5, 5.41) is 1.96. The minimum absolute atomic E-state index is 0.0430. The van der Waals surface area contributed by atoms with Gasteiger partial charge in [0.2, 0.25) is 0 Å². The monoisotopic (exact) mass is 345 g/mol. The average molecular weight is 345 g/mol. The SMILES string of the molecule is O=C(CC(Nc1cnccn1)C(F)(F)C(F)(F)F)c1ccccc1. The predicted octanol–water partition coefficient (Wildman–Crippen LogP) is 3.73. The van der Waals surface area contributed by atoms with Gasteiger partial charge in [0, 0.05) is 24.4 Å². The Bertz CT molecular complexity index is 677. The van der Waals surface area contributed by atoms with E-state index >= 15 is 0 Å². The highest BCUT2D eigenvalue weighted by Gasteiger charge is 2.62. The number of anilines is 1. The van der Waals surface area contributed by atoms with Crippen LogP contribution in [0.4, 0.5) is 27.8 Å². The van der Waals surface area contributed by atoms with E-state index in [0.717, 1.165) is 12.4 Å². The Hall–Kier alpha value is -2.58. The van der Waals surface area contributed by atoms with Gasteiger partial charge in [0.15, 0.2) is 5.78 Å². The van der Waals surface area contributed by atoms with Crippen LogP contribution in [-0.2, 0) is 0 Å². The molecule has 1 aromatic heterocycles. The number of rotatable bonds is 6. The number of ketones is 1. The van der Waals surface area contributed by atoms with E-state index in [4.69, 9.17) is 0 Å². The molecule has 0 spiro atoms. The third kappa shape index (κ3) is 4.03. The number of hydrogen-bond acceptors (Lipinski definition) is 4. The van der Waals surface area contributed by atoms with Crippen molar-refractivity contribution >= 4 is 11.6 Å². The molecule has 0 fully saturated rings. The molecule has 128 valence electrons. The summed E-state index contributed by atoms with van der Waals surface area (Å²) in [5.41, 5.74) is 0.0430. The lowest BCUT2D eigenvalue weighted by molar-refractivity contribution is -0.287. The molecule has 2 rings (SSSR count). The van der Waals surface area contributed by atoms with Gasteiger partial charge in [0.05, 0.1) is 6.20 Å². The van der Waals surface area contributed by atoms with Crippen molar-refractivity contribution in [1.29, 1.82) is 0 Å². The van der Waals surface area contributed by atoms with Gasteiger partial charge in [0.25, 0.3) is 0 Å². The van der Waals surface area contributed by atoms with Crippen molar-refractivity contribution in [3.8, 4) is 0 Å². The Balaban J connectivity index is 2.27. The van der Waals surface area contributed by atoms with Crippen LogP contribution in [0.2, 0.25) is 0 Å². The van der Waals surface area contributed by atoms with Crippen LogP contribution in [-0.4, -0.2) is 33.9 Å². The molecule has 0 amide bonds. The summed E-state index contributed by atoms with van der Waals surface area (Å²) in [7, 11) is 0. The summed E-state index contributed by atoms with van der Waals surface area (Å²) in [6, 6.07) is 4.74. The van der Waals surface area contributed by atoms with Crippen LogP contribution in [0.1, 0.15) is 16.8 Å². The first-order valence-corrected chi connectivity index (χ1v) is 6.77. The highest BCUT2D eigenvalue weighted by atomic mass is 19.4. The van der Waals surface area contributed by atoms with E-state index in [1.165, 1.54) is 30.5 Å². The maximum absolute atomic E-state index is 13.8. The van der Waals surface area contributed by atoms with E-state index in [-0.39, 0.29) is 11.4 Å². The van der Waals surface area contributed by atoms with Gasteiger partial charge in [0.1, 0.15) is 11.9 Å². The molecule has 1 unspecified atom stereocenters. The third-order valence-corrected chi connectivity index (χ3v) is 3.19. The number of alkyl halides is 5. The molecule has 1 N–H and O–H groups in total. The number of nitrogens with zero attached hydrogens (tertiary/aromatic N) is 2. The topological polar surface area (TPSA) is 54.9 Å². The zero-order valence-electron chi connectivity index (χ0n) is 12.1. The van der Waals surface area contributed by atoms with Crippen LogP contribution in [0, 0.1) is 0 Å². The molecule has 0 radical (unpaired) electrons. The van der Waals surface area contributed by atoms with E-state index in [2.05, 4.69) is 9.97 Å². The highest BCUT2D eigenvalue weighted by molar-refractivity contribution is 5.96. The fourth-order valence-corrected chi connectivity index (χ4v) is 1.95. The summed E-state index contributed by atoms with van der Waals surface area (Å²) >= 11 is 0. The lowest BCUT2D eigenvalue weighted by Gasteiger charge is -2.29. The van der Waals surface area contributed by atoms with Crippen molar-refractivity contribution in [3.05, 3.63) is 54.5 Å². The molecule has 0 saturated heterocycles. The molecule has 0 aliphatic heterocycles. The van der Waals surface area contributed by atoms with Gasteiger partial charge in [-0.25, -0.2) is 4.98 Å². The lowest BCUT2D eigenvalue weighted by atomic mass is 9.98. The van der Waals surface area contributed by atoms with Gasteiger partial charge in [-0.2, -0.15) is 22.0 Å². The standard InChI is InChI=1S/C15H12F5N3O/c16-14(17,15(18,19)20)12(23-13-9-21-6-7-22-13)8-11(24)10-4-2-1-3-5-10/h1-7,9,12H,8H2,(H,22,23). The number of carbonyl (C=O) groups excluding carboxylic acids is 1. The average Bonchev–Trinajstić information content (AvgIpc) is 2.55. The van der Waals surface area contributed by atoms with Crippen LogP contribution in [0.3, 0.4) is 0 Å². The van der Waals surface area contributed by atoms with Crippen LogP contribution in [0.15, 0.2) is 48.9 Å². The number of aromatic nitrogens is 2. The van der Waals surface area contributed by atoms with Gasteiger partial charge < -0.3 is 5.32 Å². The number of hydrogen-bond donors (Lipinski definition) is 1. The Morgan fingerprint density at radius 2 is 1.75 bits per heavy atom. The molecule has 9 heteroatoms. The smallest absolute Gasteiger partial charge is 0.359 e. The van der Waals surface area contributed by atoms with Gasteiger partial charge in [-0.15, -0.1) is 0 Å². The first-order valence-electron chi connectivity index (χ1n) is 6.77. The first-order chi connectivity index (χ1) is 11.2. The summed E-state index contributed by atoms with van der Waals surface area (Å²) in [5.74, 6) is -6.26. The Labute approximate surface area is 133 Å². The molecule has 0 aliphatic rings. The van der Waals surface area contributed by atoms with Crippen molar-refractivity contribution in [2.75, 3.05) is 5.32 Å². The molecule has 4 nitrogen and oxygen atoms in total. The Morgan fingerprint density at radius 1 is 1.08 bits per heavy atom. The van der Waals surface area contributed by atoms with Crippen LogP contribution < -0.4 is 5.32 Å². The number of carbonyl (C=O) groups is 1. The van der Waals surface area contributed by atoms with Crippen LogP contribution >= 0.6 is 0 Å². The molecule has 0 saturated carbocycles. The number of benzene rings is 1. The molecule has 24 heavy (non-hydrogen) atoms. The van der Waals surface area contributed by atoms with Gasteiger partial charge in [-0.1, -0.05) is 30.3 Å². The minimum Gasteiger partial charge on any atom is -0.359 e. The third-order valence-electron chi connectivity index (χ3n) is 3.19. The summed E-state index contributed by atoms with van der Waals surface area (Å²) in [6.45, 7) is 0. The molecule has 0 bridgehead atoms. The normalized spacial score (nSPS) is 13.4. The molecular weight excluding hydrogens is 333 g/mol. The van der Waals surface area contributed by atoms with E-state index in [1.807, 2.05) is 5.32 Å². The second-order valence-electron chi connectivity index (χ2n) is 4.90. The minimum atomic E-state index is -5.82. The predicted molar refractivity (Wildman–Crippen MR) is 75.8 cm³/mol. The van der Waals surface area contributed by atoms with Gasteiger partial charge >= 0.3 is 12.1 Å². The largest absolute Gasteiger partial charge is 0.455 e. The fraction of sp³-hybridized carbons (Fsp3) is 0.267. The molecule has 1 aromatic carbocycles. The summed E-state index contributed by atoms with van der Waals surface area (Å²) in [6.07, 6.45) is -3.52. The zero-order chi connectivity index (χ0) is 17.8. The Kier molecular flexibility index (Phi) is 5.10. The molecule has 2 aromatic rings. The fourth-order valence-electron chi connectivity index (χ4n) is 1.95. The number of nitrogens with one attached hydrogen (secondary N) is 1. The van der Waals surface area contributed by atoms with E-state index in [1.54, 1.807) is 6.07 Å². The lowest BCUT2D eigenvalue weighted by Crippen LogP contribution is -2.51. The van der Waals surface area contributed by atoms with E-state index in [0.29, 0.717) is 0 Å². The second-order valence-corrected chi connectivity index (χ2v) is 4.90. The molecule has 1 heterocycles. The van der Waals surface area contributed by atoms with Gasteiger partial charge in [-0.05, 0) is 0 Å². The van der Waals surface area contributed by atoms with Crippen molar-refractivity contribution in [1.82, 2.24) is 9.97 Å². The zero-order valence-corrected chi connectivity index (χ0v) is 12.1. The molecular formula is C15H12F5N3O. The van der Waals surface area contributed by atoms with Crippen molar-refractivity contribution in [2.45, 2.75) is 24.6 Å². The maximum Gasteiger partial charge on any atom is 0.455 e. The van der Waals surface area contributed by atoms with Crippen LogP contribution in [0.5, 0.6) is 0 Å². The molecule has 0 aliphatic carbocycles. The number of halogens is 5. The van der Waals surface area contributed by atoms with Crippen molar-refractivity contribution < 1.29 is 26.7 Å². The summed E-state index contributed by atoms with van der Waals surface area (Å²) < 4.78 is 65.6. The Morgan fingerprint density at radius 3 is 2.29 bits per heavy atom. The van der Waals surface area contributed by atoms with Crippen molar-refractivity contribution in [2.24, 2.45) is 0 Å². The van der Waals surface area contributed by atoms with E-state index in [9.17, 15) is 26.7 Å². The van der Waals surface area contributed by atoms with Crippen LogP contribution in [0.25, 0.3) is 0 Å². The molecule has 1 atom stereocenters. The number of Topliss-reactive ketones (excluding diaryl/α,β-unsaturated/α-hetero) is 1. The first kappa shape index (κ1) is 17.8. The second kappa shape index (κ2) is 6.90. The highest BCUT2D eigenvalue weighted by Crippen LogP contribution is 2.40. The quantitative estimate of drug-likeness (QED) is 0.640. The van der Waals surface area contributed by atoms with Crippen molar-refractivity contribution in [3.63, 3.8) is 0 Å².